The van der Waals surface area contributed by atoms with E-state index in [0.29, 0.717) is 5.92 Å². The average Bonchev–Trinajstić information content (AvgIpc) is 2.77. The summed E-state index contributed by atoms with van der Waals surface area (Å²) in [5.74, 6) is 0.509. The fraction of sp³-hybridized carbons (Fsp3) is 0.500. The summed E-state index contributed by atoms with van der Waals surface area (Å²) < 4.78 is 5.96. The smallest absolute Gasteiger partial charge is 0.407 e. The van der Waals surface area contributed by atoms with Crippen LogP contribution in [0.2, 0.25) is 5.02 Å². The van der Waals surface area contributed by atoms with Crippen LogP contribution >= 0.6 is 11.6 Å². The zero-order valence-corrected chi connectivity index (χ0v) is 19.1. The van der Waals surface area contributed by atoms with Gasteiger partial charge in [-0.2, -0.15) is 0 Å². The lowest BCUT2D eigenvalue weighted by molar-refractivity contribution is -0.0353. The van der Waals surface area contributed by atoms with Crippen molar-refractivity contribution in [1.29, 1.82) is 0 Å². The summed E-state index contributed by atoms with van der Waals surface area (Å²) in [6, 6.07) is 14.4. The number of benzene rings is 2. The fourth-order valence-electron chi connectivity index (χ4n) is 5.58. The molecule has 164 valence electrons. The van der Waals surface area contributed by atoms with Crippen molar-refractivity contribution >= 4 is 17.7 Å². The molecule has 2 aromatic carbocycles. The zero-order valence-electron chi connectivity index (χ0n) is 18.4. The number of aryl methyl sites for hydroxylation is 1. The van der Waals surface area contributed by atoms with Crippen molar-refractivity contribution in [1.82, 2.24) is 10.2 Å². The summed E-state index contributed by atoms with van der Waals surface area (Å²) in [7, 11) is 0. The molecule has 1 amide bonds. The number of fused-ring (bicyclic) bond motifs is 4. The van der Waals surface area contributed by atoms with Gasteiger partial charge in [-0.1, -0.05) is 55.8 Å². The van der Waals surface area contributed by atoms with E-state index >= 15 is 0 Å². The highest BCUT2D eigenvalue weighted by Crippen LogP contribution is 2.45. The normalized spacial score (nSPS) is 28.6. The Morgan fingerprint density at radius 3 is 2.65 bits per heavy atom. The molecule has 3 aliphatic heterocycles. The number of hydrogen-bond donors (Lipinski definition) is 1. The molecule has 3 saturated heterocycles. The minimum atomic E-state index is -0.284. The van der Waals surface area contributed by atoms with Crippen molar-refractivity contribution in [2.24, 2.45) is 11.3 Å². The molecule has 2 atom stereocenters. The number of carbonyl (C=O) groups excluding carboxylic acids is 1. The second-order valence-corrected chi connectivity index (χ2v) is 10.4. The first-order valence-corrected chi connectivity index (χ1v) is 11.9. The molecule has 1 unspecified atom stereocenters. The number of piperidine rings is 3. The van der Waals surface area contributed by atoms with Gasteiger partial charge in [0.25, 0.3) is 0 Å². The number of ether oxygens (including phenoxy) is 1. The van der Waals surface area contributed by atoms with Crippen molar-refractivity contribution in [3.63, 3.8) is 0 Å². The van der Waals surface area contributed by atoms with Gasteiger partial charge in [-0.3, -0.25) is 4.90 Å². The van der Waals surface area contributed by atoms with Crippen LogP contribution in [0.5, 0.6) is 0 Å². The van der Waals surface area contributed by atoms with Gasteiger partial charge < -0.3 is 10.1 Å². The summed E-state index contributed by atoms with van der Waals surface area (Å²) in [6.07, 6.45) is 4.04. The highest BCUT2D eigenvalue weighted by Gasteiger charge is 2.40. The Kier molecular flexibility index (Phi) is 5.47. The maximum atomic E-state index is 13.0. The fourth-order valence-corrected chi connectivity index (χ4v) is 5.83. The van der Waals surface area contributed by atoms with Gasteiger partial charge in [-0.25, -0.2) is 4.79 Å². The molecule has 0 spiro atoms. The molecular formula is C26H31ClN2O2. The van der Waals surface area contributed by atoms with Crippen molar-refractivity contribution in [3.05, 3.63) is 58.6 Å². The van der Waals surface area contributed by atoms with Gasteiger partial charge >= 0.3 is 6.09 Å². The topological polar surface area (TPSA) is 41.6 Å². The van der Waals surface area contributed by atoms with E-state index in [-0.39, 0.29) is 23.7 Å². The number of alkyl carbamates (subject to hydrolysis) is 1. The maximum Gasteiger partial charge on any atom is 0.407 e. The van der Waals surface area contributed by atoms with Crippen LogP contribution in [0.1, 0.15) is 50.3 Å². The van der Waals surface area contributed by atoms with Crippen LogP contribution in [0, 0.1) is 11.3 Å². The molecule has 0 radical (unpaired) electrons. The van der Waals surface area contributed by atoms with Crippen LogP contribution in [0.3, 0.4) is 0 Å². The van der Waals surface area contributed by atoms with Crippen LogP contribution in [0.4, 0.5) is 4.79 Å². The Hall–Kier alpha value is -2.04. The van der Waals surface area contributed by atoms with Crippen LogP contribution in [0.15, 0.2) is 42.5 Å². The molecule has 0 saturated carbocycles. The highest BCUT2D eigenvalue weighted by atomic mass is 35.5. The first-order chi connectivity index (χ1) is 14.9. The van der Waals surface area contributed by atoms with Crippen LogP contribution in [-0.2, 0) is 11.2 Å². The van der Waals surface area contributed by atoms with E-state index in [1.54, 1.807) is 0 Å². The molecule has 3 heterocycles. The molecule has 4 aliphatic rings. The number of nitrogens with one attached hydrogen (secondary N) is 1. The third kappa shape index (κ3) is 4.08. The van der Waals surface area contributed by atoms with Crippen molar-refractivity contribution < 1.29 is 9.53 Å². The predicted octanol–water partition coefficient (Wildman–Crippen LogP) is 5.84. The second-order valence-electron chi connectivity index (χ2n) is 10.0. The Bertz CT molecular complexity index is 981. The first-order valence-electron chi connectivity index (χ1n) is 11.5. The van der Waals surface area contributed by atoms with Gasteiger partial charge in [-0.05, 0) is 78.9 Å². The number of halogens is 1. The highest BCUT2D eigenvalue weighted by molar-refractivity contribution is 6.33. The molecule has 4 nitrogen and oxygen atoms in total. The van der Waals surface area contributed by atoms with Gasteiger partial charge in [0, 0.05) is 17.1 Å². The largest absolute Gasteiger partial charge is 0.445 e. The van der Waals surface area contributed by atoms with Gasteiger partial charge in [0.15, 0.2) is 0 Å². The molecule has 5 heteroatoms. The molecule has 2 aromatic rings. The number of hydrogen-bond acceptors (Lipinski definition) is 3. The minimum absolute atomic E-state index is 0.0168. The number of nitrogens with zero attached hydrogens (tertiary/aromatic N) is 1. The Morgan fingerprint density at radius 2 is 1.94 bits per heavy atom. The molecule has 0 aromatic heterocycles. The second kappa shape index (κ2) is 8.14. The lowest BCUT2D eigenvalue weighted by Crippen LogP contribution is -2.53. The standard InChI is InChI=1S/C26H31ClN2O2/c1-26(2)12-9-17-7-8-19(20-5-3-4-6-22(20)27)15-21(17)24(26)28-25(30)31-23-16-29-13-10-18(23)11-14-29/h3-8,15,18,23-24H,9-14,16H2,1-2H3,(H,28,30)/t23-,24?/m1/s1. The molecule has 1 N–H and O–H groups in total. The van der Waals surface area contributed by atoms with Crippen molar-refractivity contribution in [2.45, 2.75) is 51.7 Å². The Balaban J connectivity index is 1.40. The van der Waals surface area contributed by atoms with Gasteiger partial charge in [0.1, 0.15) is 6.10 Å². The zero-order chi connectivity index (χ0) is 21.6. The molecule has 1 aliphatic carbocycles. The van der Waals surface area contributed by atoms with Crippen LogP contribution < -0.4 is 5.32 Å². The number of carbonyl (C=O) groups is 1. The molecule has 6 rings (SSSR count). The Morgan fingerprint density at radius 1 is 1.16 bits per heavy atom. The van der Waals surface area contributed by atoms with Gasteiger partial charge in [0.05, 0.1) is 6.04 Å². The number of amides is 1. The van der Waals surface area contributed by atoms with E-state index in [0.717, 1.165) is 61.5 Å². The summed E-state index contributed by atoms with van der Waals surface area (Å²) >= 11 is 6.46. The van der Waals surface area contributed by atoms with Crippen LogP contribution in [0.25, 0.3) is 11.1 Å². The lowest BCUT2D eigenvalue weighted by atomic mass is 9.70. The monoisotopic (exact) mass is 438 g/mol. The third-order valence-electron chi connectivity index (χ3n) is 7.58. The van der Waals surface area contributed by atoms with Crippen LogP contribution in [-0.4, -0.2) is 36.7 Å². The minimum Gasteiger partial charge on any atom is -0.445 e. The number of rotatable bonds is 3. The Labute approximate surface area is 189 Å². The quantitative estimate of drug-likeness (QED) is 0.654. The van der Waals surface area contributed by atoms with Crippen molar-refractivity contribution in [2.75, 3.05) is 19.6 Å². The van der Waals surface area contributed by atoms with Gasteiger partial charge in [0.2, 0.25) is 0 Å². The first kappa shape index (κ1) is 20.8. The molecule has 31 heavy (non-hydrogen) atoms. The summed E-state index contributed by atoms with van der Waals surface area (Å²) in [4.78, 5) is 15.4. The van der Waals surface area contributed by atoms with E-state index in [1.807, 2.05) is 24.3 Å². The summed E-state index contributed by atoms with van der Waals surface area (Å²) in [5.41, 5.74) is 4.52. The van der Waals surface area contributed by atoms with E-state index in [1.165, 1.54) is 11.1 Å². The molecular weight excluding hydrogens is 408 g/mol. The van der Waals surface area contributed by atoms with Gasteiger partial charge in [-0.15, -0.1) is 0 Å². The van der Waals surface area contributed by atoms with Crippen molar-refractivity contribution in [3.8, 4) is 11.1 Å². The predicted molar refractivity (Wildman–Crippen MR) is 124 cm³/mol. The maximum absolute atomic E-state index is 13.0. The van der Waals surface area contributed by atoms with E-state index in [2.05, 4.69) is 42.3 Å². The SMILES string of the molecule is CC1(C)CCc2ccc(-c3ccccc3Cl)cc2C1NC(=O)O[C@@H]1CN2CCC1CC2. The third-order valence-corrected chi connectivity index (χ3v) is 7.91. The summed E-state index contributed by atoms with van der Waals surface area (Å²) in [6.45, 7) is 7.62. The van der Waals surface area contributed by atoms with E-state index < -0.39 is 0 Å². The molecule has 3 fully saturated rings. The molecule has 2 bridgehead atoms. The summed E-state index contributed by atoms with van der Waals surface area (Å²) in [5, 5.41) is 3.99. The average molecular weight is 439 g/mol. The van der Waals surface area contributed by atoms with E-state index in [4.69, 9.17) is 16.3 Å². The van der Waals surface area contributed by atoms with E-state index in [9.17, 15) is 4.79 Å². The lowest BCUT2D eigenvalue weighted by Gasteiger charge is -2.44.